The number of likely N-dealkylation sites (tertiary alicyclic amines) is 1. The second-order valence-electron chi connectivity index (χ2n) is 8.85. The summed E-state index contributed by atoms with van der Waals surface area (Å²) in [6, 6.07) is 9.46. The number of guanidine groups is 1. The molecule has 0 aromatic heterocycles. The topological polar surface area (TPSA) is 52.1 Å². The first-order valence-electron chi connectivity index (χ1n) is 11.8. The standard InChI is InChI=1S/C24H41N5O.HI/c1-4-25-24(26-17-21(3)29-13-15-30-16-14-29)27-18-22-5-7-23(8-6-22)19-28-11-9-20(2)10-12-28;/h5-8,20-21H,4,9-19H2,1-3H3,(H2,25,26,27);1H. The van der Waals surface area contributed by atoms with Crippen LogP contribution in [0, 0.1) is 5.92 Å². The molecule has 1 aromatic rings. The van der Waals surface area contributed by atoms with Crippen molar-refractivity contribution >= 4 is 29.9 Å². The third kappa shape index (κ3) is 9.24. The van der Waals surface area contributed by atoms with Crippen LogP contribution in [-0.4, -0.2) is 74.3 Å². The summed E-state index contributed by atoms with van der Waals surface area (Å²) >= 11 is 0. The third-order valence-electron chi connectivity index (χ3n) is 6.30. The Kier molecular flexibility index (Phi) is 12.1. The van der Waals surface area contributed by atoms with E-state index in [4.69, 9.17) is 9.73 Å². The van der Waals surface area contributed by atoms with Crippen LogP contribution in [0.5, 0.6) is 0 Å². The summed E-state index contributed by atoms with van der Waals surface area (Å²) in [5, 5.41) is 6.88. The molecule has 2 fully saturated rings. The molecule has 1 unspecified atom stereocenters. The fourth-order valence-electron chi connectivity index (χ4n) is 4.13. The summed E-state index contributed by atoms with van der Waals surface area (Å²) in [5.41, 5.74) is 2.66. The Morgan fingerprint density at radius 2 is 1.71 bits per heavy atom. The lowest BCUT2D eigenvalue weighted by Gasteiger charge is -2.32. The molecule has 7 heteroatoms. The normalized spacial score (nSPS) is 20.2. The number of halogens is 1. The van der Waals surface area contributed by atoms with Gasteiger partial charge in [0, 0.05) is 38.8 Å². The van der Waals surface area contributed by atoms with Crippen LogP contribution < -0.4 is 10.6 Å². The maximum absolute atomic E-state index is 5.46. The quantitative estimate of drug-likeness (QED) is 0.300. The molecule has 6 nitrogen and oxygen atoms in total. The fourth-order valence-corrected chi connectivity index (χ4v) is 4.13. The van der Waals surface area contributed by atoms with Crippen molar-refractivity contribution in [1.82, 2.24) is 20.4 Å². The first-order chi connectivity index (χ1) is 14.6. The van der Waals surface area contributed by atoms with Gasteiger partial charge >= 0.3 is 0 Å². The van der Waals surface area contributed by atoms with Crippen LogP contribution in [0.4, 0.5) is 0 Å². The molecule has 0 amide bonds. The highest BCUT2D eigenvalue weighted by Gasteiger charge is 2.17. The number of ether oxygens (including phenoxy) is 1. The highest BCUT2D eigenvalue weighted by molar-refractivity contribution is 14.0. The second kappa shape index (κ2) is 14.3. The minimum Gasteiger partial charge on any atom is -0.379 e. The number of hydrogen-bond acceptors (Lipinski definition) is 4. The molecule has 2 aliphatic heterocycles. The highest BCUT2D eigenvalue weighted by Crippen LogP contribution is 2.18. The Balaban J connectivity index is 0.00000341. The van der Waals surface area contributed by atoms with Crippen LogP contribution in [0.1, 0.15) is 44.7 Å². The van der Waals surface area contributed by atoms with Gasteiger partial charge in [0.25, 0.3) is 0 Å². The van der Waals surface area contributed by atoms with Gasteiger partial charge in [-0.2, -0.15) is 0 Å². The molecule has 3 rings (SSSR count). The third-order valence-corrected chi connectivity index (χ3v) is 6.30. The van der Waals surface area contributed by atoms with Crippen molar-refractivity contribution in [2.45, 2.75) is 52.7 Å². The van der Waals surface area contributed by atoms with Gasteiger partial charge in [-0.1, -0.05) is 31.2 Å². The molecular weight excluding hydrogens is 501 g/mol. The van der Waals surface area contributed by atoms with Gasteiger partial charge in [0.05, 0.1) is 19.8 Å². The maximum Gasteiger partial charge on any atom is 0.191 e. The first kappa shape index (κ1) is 26.4. The molecule has 1 atom stereocenters. The van der Waals surface area contributed by atoms with E-state index in [2.05, 4.69) is 65.5 Å². The maximum atomic E-state index is 5.46. The van der Waals surface area contributed by atoms with E-state index >= 15 is 0 Å². The van der Waals surface area contributed by atoms with Gasteiger partial charge in [-0.05, 0) is 56.8 Å². The molecule has 0 bridgehead atoms. The Labute approximate surface area is 206 Å². The summed E-state index contributed by atoms with van der Waals surface area (Å²) in [6.07, 6.45) is 2.66. The number of hydrogen-bond donors (Lipinski definition) is 2. The van der Waals surface area contributed by atoms with Gasteiger partial charge in [0.1, 0.15) is 0 Å². The molecule has 2 N–H and O–H groups in total. The summed E-state index contributed by atoms with van der Waals surface area (Å²) in [4.78, 5) is 9.85. The minimum atomic E-state index is 0. The van der Waals surface area contributed by atoms with Crippen molar-refractivity contribution in [3.63, 3.8) is 0 Å². The number of aliphatic imine (C=N–C) groups is 1. The number of morpholine rings is 1. The molecule has 2 aliphatic rings. The second-order valence-corrected chi connectivity index (χ2v) is 8.85. The van der Waals surface area contributed by atoms with Crippen LogP contribution in [0.25, 0.3) is 0 Å². The van der Waals surface area contributed by atoms with Crippen LogP contribution in [0.3, 0.4) is 0 Å². The zero-order valence-corrected chi connectivity index (χ0v) is 21.9. The van der Waals surface area contributed by atoms with Gasteiger partial charge < -0.3 is 15.4 Å². The number of benzene rings is 1. The number of rotatable bonds is 8. The lowest BCUT2D eigenvalue weighted by Crippen LogP contribution is -2.49. The Morgan fingerprint density at radius 1 is 1.06 bits per heavy atom. The monoisotopic (exact) mass is 543 g/mol. The molecule has 0 radical (unpaired) electrons. The van der Waals surface area contributed by atoms with Crippen LogP contribution in [0.2, 0.25) is 0 Å². The van der Waals surface area contributed by atoms with Gasteiger partial charge in [0.2, 0.25) is 0 Å². The predicted octanol–water partition coefficient (Wildman–Crippen LogP) is 3.31. The molecule has 31 heavy (non-hydrogen) atoms. The van der Waals surface area contributed by atoms with E-state index < -0.39 is 0 Å². The van der Waals surface area contributed by atoms with E-state index in [1.807, 2.05) is 0 Å². The molecule has 2 saturated heterocycles. The van der Waals surface area contributed by atoms with Gasteiger partial charge in [-0.3, -0.25) is 9.80 Å². The fraction of sp³-hybridized carbons (Fsp3) is 0.708. The predicted molar refractivity (Wildman–Crippen MR) is 140 cm³/mol. The van der Waals surface area contributed by atoms with Crippen LogP contribution in [-0.2, 0) is 17.8 Å². The van der Waals surface area contributed by atoms with Crippen LogP contribution >= 0.6 is 24.0 Å². The SMILES string of the molecule is CCNC(=NCc1ccc(CN2CCC(C)CC2)cc1)NCC(C)N1CCOCC1.I. The summed E-state index contributed by atoms with van der Waals surface area (Å²) in [7, 11) is 0. The number of nitrogens with one attached hydrogen (secondary N) is 2. The van der Waals surface area contributed by atoms with Crippen molar-refractivity contribution in [2.24, 2.45) is 10.9 Å². The summed E-state index contributed by atoms with van der Waals surface area (Å²) in [6.45, 7) is 16.4. The number of nitrogens with zero attached hydrogens (tertiary/aromatic N) is 3. The largest absolute Gasteiger partial charge is 0.379 e. The highest BCUT2D eigenvalue weighted by atomic mass is 127. The van der Waals surface area contributed by atoms with E-state index in [-0.39, 0.29) is 24.0 Å². The zero-order chi connectivity index (χ0) is 21.2. The number of piperidine rings is 1. The lowest BCUT2D eigenvalue weighted by atomic mass is 9.99. The lowest BCUT2D eigenvalue weighted by molar-refractivity contribution is 0.0211. The van der Waals surface area contributed by atoms with Crippen molar-refractivity contribution in [1.29, 1.82) is 0 Å². The van der Waals surface area contributed by atoms with E-state index in [0.717, 1.165) is 57.8 Å². The van der Waals surface area contributed by atoms with Crippen molar-refractivity contribution in [3.05, 3.63) is 35.4 Å². The first-order valence-corrected chi connectivity index (χ1v) is 11.8. The van der Waals surface area contributed by atoms with Crippen molar-refractivity contribution in [2.75, 3.05) is 52.5 Å². The van der Waals surface area contributed by atoms with Gasteiger partial charge in [0.15, 0.2) is 5.96 Å². The molecule has 1 aromatic carbocycles. The van der Waals surface area contributed by atoms with E-state index in [0.29, 0.717) is 12.6 Å². The zero-order valence-electron chi connectivity index (χ0n) is 19.6. The molecular formula is C24H42IN5O. The van der Waals surface area contributed by atoms with Gasteiger partial charge in [-0.25, -0.2) is 4.99 Å². The molecule has 2 heterocycles. The molecule has 0 spiro atoms. The minimum absolute atomic E-state index is 0. The summed E-state index contributed by atoms with van der Waals surface area (Å²) < 4.78 is 5.46. The van der Waals surface area contributed by atoms with Crippen molar-refractivity contribution in [3.8, 4) is 0 Å². The Morgan fingerprint density at radius 3 is 2.35 bits per heavy atom. The summed E-state index contributed by atoms with van der Waals surface area (Å²) in [5.74, 6) is 1.78. The molecule has 176 valence electrons. The smallest absolute Gasteiger partial charge is 0.191 e. The Bertz CT molecular complexity index is 640. The molecule has 0 saturated carbocycles. The molecule has 0 aliphatic carbocycles. The average molecular weight is 544 g/mol. The Hall–Kier alpha value is -0.900. The van der Waals surface area contributed by atoms with E-state index in [1.165, 1.54) is 37.1 Å². The average Bonchev–Trinajstić information content (AvgIpc) is 2.78. The van der Waals surface area contributed by atoms with Crippen LogP contribution in [0.15, 0.2) is 29.3 Å². The van der Waals surface area contributed by atoms with Crippen molar-refractivity contribution < 1.29 is 4.74 Å². The van der Waals surface area contributed by atoms with E-state index in [9.17, 15) is 0 Å². The van der Waals surface area contributed by atoms with Gasteiger partial charge in [-0.15, -0.1) is 24.0 Å². The van der Waals surface area contributed by atoms with E-state index in [1.54, 1.807) is 0 Å².